The Morgan fingerprint density at radius 3 is 2.74 bits per heavy atom. The number of benzene rings is 1. The monoisotopic (exact) mass is 470 g/mol. The van der Waals surface area contributed by atoms with Crippen LogP contribution in [0.1, 0.15) is 18.4 Å². The molecule has 3 aliphatic rings. The van der Waals surface area contributed by atoms with E-state index in [0.29, 0.717) is 19.3 Å². The molecule has 0 aliphatic carbocycles. The normalized spacial score (nSPS) is 19.8. The first-order chi connectivity index (χ1) is 17.3. The number of hydrogen-bond acceptors (Lipinski definition) is 7. The number of fused-ring (bicyclic) bond motifs is 2. The Morgan fingerprint density at radius 2 is 1.86 bits per heavy atom. The molecule has 2 saturated heterocycles. The molecular weight excluding hydrogens is 442 g/mol. The van der Waals surface area contributed by atoms with Crippen LogP contribution in [0.5, 0.6) is 11.5 Å². The minimum absolute atomic E-state index is 0.633. The molecule has 6 heterocycles. The fourth-order valence-corrected chi connectivity index (χ4v) is 5.43. The first-order valence-electron chi connectivity index (χ1n) is 12.3. The van der Waals surface area contributed by atoms with Crippen molar-refractivity contribution in [2.75, 3.05) is 39.4 Å². The van der Waals surface area contributed by atoms with Crippen LogP contribution in [0.3, 0.4) is 0 Å². The van der Waals surface area contributed by atoms with Gasteiger partial charge in [0.15, 0.2) is 11.5 Å². The maximum absolute atomic E-state index is 5.74. The van der Waals surface area contributed by atoms with Crippen molar-refractivity contribution in [3.8, 4) is 22.8 Å². The standard InChI is InChI=1S/C26H28N7O2/c1-2-23-24(35-10-9-34-23)11-18(1)13-31-7-4-20(5-8-31)32-15-21(16-32)33-14-19(12-30-33)25-22-3-6-27-26(22)29-17-28-25/h1-3,6,11-12,14,17,20H,4-5,7-10,13,15-16H2,(H,27,28,29). The zero-order valence-electron chi connectivity index (χ0n) is 19.6. The van der Waals surface area contributed by atoms with Crippen LogP contribution in [-0.4, -0.2) is 80.0 Å². The van der Waals surface area contributed by atoms with Crippen LogP contribution in [-0.2, 0) is 6.54 Å². The molecule has 0 atom stereocenters. The smallest absolute Gasteiger partial charge is 0.161 e. The van der Waals surface area contributed by atoms with Crippen LogP contribution < -0.4 is 9.47 Å². The molecule has 1 aromatic carbocycles. The second kappa shape index (κ2) is 8.66. The minimum Gasteiger partial charge on any atom is -0.486 e. The predicted molar refractivity (Wildman–Crippen MR) is 131 cm³/mol. The Bertz CT molecular complexity index is 1330. The van der Waals surface area contributed by atoms with Crippen molar-refractivity contribution >= 4 is 11.0 Å². The molecular formula is C26H28N7O2. The van der Waals surface area contributed by atoms with Gasteiger partial charge in [-0.1, -0.05) is 6.07 Å². The molecule has 0 amide bonds. The van der Waals surface area contributed by atoms with Gasteiger partial charge in [0.2, 0.25) is 0 Å². The number of rotatable bonds is 5. The van der Waals surface area contributed by atoms with E-state index < -0.39 is 0 Å². The van der Waals surface area contributed by atoms with Crippen molar-refractivity contribution in [2.45, 2.75) is 25.4 Å². The van der Waals surface area contributed by atoms with E-state index in [4.69, 9.17) is 9.47 Å². The van der Waals surface area contributed by atoms with E-state index in [1.165, 1.54) is 24.4 Å². The maximum Gasteiger partial charge on any atom is 0.161 e. The van der Waals surface area contributed by atoms with Crippen LogP contribution in [0.25, 0.3) is 22.3 Å². The molecule has 3 aliphatic heterocycles. The molecule has 4 aromatic rings. The minimum atomic E-state index is 0.633. The van der Waals surface area contributed by atoms with E-state index in [2.05, 4.69) is 48.2 Å². The predicted octanol–water partition coefficient (Wildman–Crippen LogP) is 2.95. The fraction of sp³-hybridized carbons (Fsp3) is 0.385. The third-order valence-corrected chi connectivity index (χ3v) is 7.39. The third kappa shape index (κ3) is 3.94. The lowest BCUT2D eigenvalue weighted by atomic mass is 9.97. The van der Waals surface area contributed by atoms with Gasteiger partial charge in [-0.25, -0.2) is 9.97 Å². The second-order valence-electron chi connectivity index (χ2n) is 9.59. The van der Waals surface area contributed by atoms with Gasteiger partial charge >= 0.3 is 0 Å². The van der Waals surface area contributed by atoms with Gasteiger partial charge in [-0.05, 0) is 49.7 Å². The summed E-state index contributed by atoms with van der Waals surface area (Å²) < 4.78 is 13.4. The lowest BCUT2D eigenvalue weighted by molar-refractivity contribution is 0.0668. The zero-order valence-corrected chi connectivity index (χ0v) is 19.6. The summed E-state index contributed by atoms with van der Waals surface area (Å²) in [5.74, 6) is 1.74. The number of likely N-dealkylation sites (tertiary alicyclic amines) is 2. The van der Waals surface area contributed by atoms with Gasteiger partial charge in [0.1, 0.15) is 31.2 Å². The van der Waals surface area contributed by atoms with Crippen LogP contribution >= 0.6 is 0 Å². The summed E-state index contributed by atoms with van der Waals surface area (Å²) in [6.07, 6.45) is 9.90. The quantitative estimate of drug-likeness (QED) is 0.480. The van der Waals surface area contributed by atoms with Crippen molar-refractivity contribution in [1.29, 1.82) is 0 Å². The molecule has 3 aromatic heterocycles. The second-order valence-corrected chi connectivity index (χ2v) is 9.59. The van der Waals surface area contributed by atoms with E-state index in [1.54, 1.807) is 6.33 Å². The Labute approximate surface area is 203 Å². The van der Waals surface area contributed by atoms with Crippen LogP contribution in [0.4, 0.5) is 0 Å². The molecule has 0 spiro atoms. The molecule has 2 fully saturated rings. The molecule has 9 heteroatoms. The highest BCUT2D eigenvalue weighted by Gasteiger charge is 2.36. The summed E-state index contributed by atoms with van der Waals surface area (Å²) in [5.41, 5.74) is 4.09. The Hall–Kier alpha value is -3.43. The highest BCUT2D eigenvalue weighted by atomic mass is 16.6. The highest BCUT2D eigenvalue weighted by Crippen LogP contribution is 2.33. The topological polar surface area (TPSA) is 84.3 Å². The van der Waals surface area contributed by atoms with Crippen molar-refractivity contribution in [3.05, 3.63) is 60.8 Å². The number of nitrogens with zero attached hydrogens (tertiary/aromatic N) is 6. The number of ether oxygens (including phenoxy) is 2. The van der Waals surface area contributed by atoms with Gasteiger partial charge in [0.05, 0.1) is 11.9 Å². The third-order valence-electron chi connectivity index (χ3n) is 7.39. The van der Waals surface area contributed by atoms with Gasteiger partial charge in [0.25, 0.3) is 0 Å². The largest absolute Gasteiger partial charge is 0.486 e. The Balaban J connectivity index is 0.927. The van der Waals surface area contributed by atoms with Gasteiger partial charge in [0, 0.05) is 49.0 Å². The fourth-order valence-electron chi connectivity index (χ4n) is 5.43. The van der Waals surface area contributed by atoms with Crippen molar-refractivity contribution < 1.29 is 9.47 Å². The van der Waals surface area contributed by atoms with E-state index in [1.807, 2.05) is 29.2 Å². The SMILES string of the molecule is c1nc(-c2cnn([C]3CN(C4CCN(Cc5ccc6c(c5)OCCO6)CC4)C3)c2)c2cc[nH]c2n1. The summed E-state index contributed by atoms with van der Waals surface area (Å²) in [6.45, 7) is 6.45. The Morgan fingerprint density at radius 1 is 1.00 bits per heavy atom. The van der Waals surface area contributed by atoms with E-state index in [-0.39, 0.29) is 0 Å². The molecule has 0 saturated carbocycles. The van der Waals surface area contributed by atoms with Crippen molar-refractivity contribution in [1.82, 2.24) is 34.5 Å². The number of hydrogen-bond donors (Lipinski definition) is 1. The average molecular weight is 471 g/mol. The van der Waals surface area contributed by atoms with Gasteiger partial charge < -0.3 is 14.5 Å². The molecule has 9 nitrogen and oxygen atoms in total. The number of nitrogens with one attached hydrogen (secondary N) is 1. The van der Waals surface area contributed by atoms with E-state index in [0.717, 1.165) is 66.5 Å². The van der Waals surface area contributed by atoms with Crippen molar-refractivity contribution in [2.24, 2.45) is 0 Å². The summed E-state index contributed by atoms with van der Waals surface area (Å²) in [7, 11) is 0. The number of aromatic nitrogens is 5. The van der Waals surface area contributed by atoms with Crippen molar-refractivity contribution in [3.63, 3.8) is 0 Å². The first-order valence-corrected chi connectivity index (χ1v) is 12.3. The van der Waals surface area contributed by atoms with Gasteiger partial charge in [-0.3, -0.25) is 14.5 Å². The van der Waals surface area contributed by atoms with Gasteiger partial charge in [-0.15, -0.1) is 0 Å². The van der Waals surface area contributed by atoms with Crippen LogP contribution in [0.15, 0.2) is 49.2 Å². The molecule has 1 N–H and O–H groups in total. The summed E-state index contributed by atoms with van der Waals surface area (Å²) in [6, 6.07) is 10.3. The van der Waals surface area contributed by atoms with E-state index in [9.17, 15) is 0 Å². The lowest BCUT2D eigenvalue weighted by Crippen LogP contribution is -2.56. The molecule has 35 heavy (non-hydrogen) atoms. The summed E-state index contributed by atoms with van der Waals surface area (Å²) in [5, 5.41) is 5.65. The maximum atomic E-state index is 5.74. The van der Waals surface area contributed by atoms with Crippen LogP contribution in [0, 0.1) is 6.04 Å². The number of H-pyrrole nitrogens is 1. The van der Waals surface area contributed by atoms with Crippen LogP contribution in [0.2, 0.25) is 0 Å². The Kier molecular flexibility index (Phi) is 5.17. The van der Waals surface area contributed by atoms with E-state index >= 15 is 0 Å². The highest BCUT2D eigenvalue weighted by molar-refractivity contribution is 5.90. The zero-order chi connectivity index (χ0) is 23.2. The summed E-state index contributed by atoms with van der Waals surface area (Å²) in [4.78, 5) is 17.1. The van der Waals surface area contributed by atoms with Gasteiger partial charge in [-0.2, -0.15) is 5.10 Å². The molecule has 0 bridgehead atoms. The lowest BCUT2D eigenvalue weighted by Gasteiger charge is -2.46. The molecule has 1 radical (unpaired) electrons. The molecule has 7 rings (SSSR count). The summed E-state index contributed by atoms with van der Waals surface area (Å²) >= 11 is 0. The number of aromatic amines is 1. The number of piperidine rings is 1. The molecule has 0 unspecified atom stereocenters. The molecule has 179 valence electrons. The average Bonchev–Trinajstić information content (AvgIpc) is 3.54. The first kappa shape index (κ1) is 20.9.